The molecule has 1 saturated heterocycles. The van der Waals surface area contributed by atoms with Gasteiger partial charge in [0, 0.05) is 0 Å². The monoisotopic (exact) mass is 513 g/mol. The third-order valence-corrected chi connectivity index (χ3v) is 6.34. The standard InChI is InChI=1S/C29H39NO7/c1-4-5-17-35-28(31)20-36-23-10-8-9-22(19-23)25(37-29(32)24-11-6-7-16-30-24)14-12-21-13-15-26(33-2)27(18-21)34-3/h8-10,13,15,18-19,24-25,30H,4-7,11-12,14,16-17,20H2,1-3H3/t24-,25+/m0/s1. The van der Waals surface area contributed by atoms with E-state index >= 15 is 0 Å². The minimum absolute atomic E-state index is 0.171. The predicted octanol–water partition coefficient (Wildman–Crippen LogP) is 4.79. The van der Waals surface area contributed by atoms with Crippen molar-refractivity contribution >= 4 is 11.9 Å². The molecule has 1 heterocycles. The van der Waals surface area contributed by atoms with Crippen LogP contribution in [0.4, 0.5) is 0 Å². The fraction of sp³-hybridized carbons (Fsp3) is 0.517. The Hall–Kier alpha value is -3.26. The molecule has 0 radical (unpaired) electrons. The molecule has 1 fully saturated rings. The Morgan fingerprint density at radius 2 is 1.89 bits per heavy atom. The molecule has 1 N–H and O–H groups in total. The summed E-state index contributed by atoms with van der Waals surface area (Å²) >= 11 is 0. The van der Waals surface area contributed by atoms with Gasteiger partial charge in [-0.1, -0.05) is 38.0 Å². The Morgan fingerprint density at radius 1 is 1.05 bits per heavy atom. The normalized spacial score (nSPS) is 15.9. The van der Waals surface area contributed by atoms with E-state index in [-0.39, 0.29) is 18.6 Å². The van der Waals surface area contributed by atoms with Crippen LogP contribution in [0.15, 0.2) is 42.5 Å². The third-order valence-electron chi connectivity index (χ3n) is 6.34. The number of unbranched alkanes of at least 4 members (excludes halogenated alkanes) is 1. The van der Waals surface area contributed by atoms with Crippen molar-refractivity contribution in [3.63, 3.8) is 0 Å². The molecule has 2 aromatic carbocycles. The summed E-state index contributed by atoms with van der Waals surface area (Å²) in [7, 11) is 3.21. The summed E-state index contributed by atoms with van der Waals surface area (Å²) in [5.74, 6) is 1.19. The minimum atomic E-state index is -0.482. The number of esters is 2. The zero-order chi connectivity index (χ0) is 26.5. The van der Waals surface area contributed by atoms with Gasteiger partial charge in [-0.2, -0.15) is 0 Å². The zero-order valence-electron chi connectivity index (χ0n) is 22.1. The molecule has 8 nitrogen and oxygen atoms in total. The number of ether oxygens (including phenoxy) is 5. The number of hydrogen-bond acceptors (Lipinski definition) is 8. The summed E-state index contributed by atoms with van der Waals surface area (Å²) in [5, 5.41) is 3.26. The number of benzene rings is 2. The van der Waals surface area contributed by atoms with Gasteiger partial charge in [-0.25, -0.2) is 4.79 Å². The van der Waals surface area contributed by atoms with E-state index in [0.717, 1.165) is 49.8 Å². The van der Waals surface area contributed by atoms with Crippen LogP contribution in [0.25, 0.3) is 0 Å². The molecule has 0 saturated carbocycles. The lowest BCUT2D eigenvalue weighted by Gasteiger charge is -2.25. The molecule has 0 aromatic heterocycles. The largest absolute Gasteiger partial charge is 0.493 e. The van der Waals surface area contributed by atoms with Crippen LogP contribution in [-0.4, -0.2) is 52.0 Å². The van der Waals surface area contributed by atoms with E-state index in [1.165, 1.54) is 0 Å². The summed E-state index contributed by atoms with van der Waals surface area (Å²) in [6.45, 7) is 3.07. The van der Waals surface area contributed by atoms with E-state index in [0.29, 0.717) is 36.7 Å². The molecule has 8 heteroatoms. The number of aryl methyl sites for hydroxylation is 1. The molecule has 37 heavy (non-hydrogen) atoms. The number of rotatable bonds is 14. The first kappa shape index (κ1) is 28.3. The second kappa shape index (κ2) is 15.1. The molecular formula is C29H39NO7. The molecule has 0 bridgehead atoms. The van der Waals surface area contributed by atoms with Gasteiger partial charge in [-0.3, -0.25) is 4.79 Å². The van der Waals surface area contributed by atoms with Crippen LogP contribution in [-0.2, 0) is 25.5 Å². The third kappa shape index (κ3) is 8.97. The maximum Gasteiger partial charge on any atom is 0.344 e. The van der Waals surface area contributed by atoms with Gasteiger partial charge in [-0.05, 0) is 74.0 Å². The smallest absolute Gasteiger partial charge is 0.344 e. The lowest BCUT2D eigenvalue weighted by atomic mass is 10.00. The van der Waals surface area contributed by atoms with Gasteiger partial charge in [0.15, 0.2) is 18.1 Å². The van der Waals surface area contributed by atoms with Crippen molar-refractivity contribution in [2.45, 2.75) is 64.0 Å². The van der Waals surface area contributed by atoms with E-state index in [9.17, 15) is 9.59 Å². The Kier molecular flexibility index (Phi) is 11.6. The van der Waals surface area contributed by atoms with E-state index in [1.807, 2.05) is 43.3 Å². The summed E-state index contributed by atoms with van der Waals surface area (Å²) < 4.78 is 27.6. The number of methoxy groups -OCH3 is 2. The highest BCUT2D eigenvalue weighted by Crippen LogP contribution is 2.31. The average molecular weight is 514 g/mol. The van der Waals surface area contributed by atoms with E-state index in [1.54, 1.807) is 20.3 Å². The number of hydrogen-bond donors (Lipinski definition) is 1. The molecule has 2 aromatic rings. The lowest BCUT2D eigenvalue weighted by Crippen LogP contribution is -2.41. The molecule has 0 spiro atoms. The SMILES string of the molecule is CCCCOC(=O)COc1cccc([C@@H](CCc2ccc(OC)c(OC)c2)OC(=O)[C@@H]2CCCCN2)c1. The van der Waals surface area contributed by atoms with Crippen molar-refractivity contribution in [2.24, 2.45) is 0 Å². The van der Waals surface area contributed by atoms with Crippen molar-refractivity contribution < 1.29 is 33.3 Å². The van der Waals surface area contributed by atoms with Crippen molar-refractivity contribution in [3.05, 3.63) is 53.6 Å². The molecule has 1 aliphatic rings. The van der Waals surface area contributed by atoms with Crippen LogP contribution in [0.2, 0.25) is 0 Å². The van der Waals surface area contributed by atoms with Crippen molar-refractivity contribution in [1.82, 2.24) is 5.32 Å². The molecule has 0 unspecified atom stereocenters. The molecule has 202 valence electrons. The van der Waals surface area contributed by atoms with Gasteiger partial charge < -0.3 is 29.0 Å². The van der Waals surface area contributed by atoms with Gasteiger partial charge in [0.1, 0.15) is 17.9 Å². The van der Waals surface area contributed by atoms with Gasteiger partial charge in [-0.15, -0.1) is 0 Å². The molecule has 0 aliphatic carbocycles. The number of carbonyl (C=O) groups is 2. The van der Waals surface area contributed by atoms with Gasteiger partial charge in [0.05, 0.1) is 20.8 Å². The fourth-order valence-electron chi connectivity index (χ4n) is 4.22. The fourth-order valence-corrected chi connectivity index (χ4v) is 4.22. The first-order valence-corrected chi connectivity index (χ1v) is 13.1. The number of piperidine rings is 1. The molecule has 0 amide bonds. The average Bonchev–Trinajstić information content (AvgIpc) is 2.94. The molecular weight excluding hydrogens is 474 g/mol. The van der Waals surface area contributed by atoms with Gasteiger partial charge in [0.2, 0.25) is 0 Å². The maximum atomic E-state index is 13.0. The second-order valence-electron chi connectivity index (χ2n) is 9.09. The Balaban J connectivity index is 1.71. The van der Waals surface area contributed by atoms with Crippen molar-refractivity contribution in [1.29, 1.82) is 0 Å². The van der Waals surface area contributed by atoms with Crippen LogP contribution in [0, 0.1) is 0 Å². The number of carbonyl (C=O) groups excluding carboxylic acids is 2. The Bertz CT molecular complexity index is 1000. The summed E-state index contributed by atoms with van der Waals surface area (Å²) in [6.07, 6.45) is 5.35. The Morgan fingerprint density at radius 3 is 2.62 bits per heavy atom. The lowest BCUT2D eigenvalue weighted by molar-refractivity contribution is -0.153. The molecule has 2 atom stereocenters. The summed E-state index contributed by atoms with van der Waals surface area (Å²) in [4.78, 5) is 24.9. The zero-order valence-corrected chi connectivity index (χ0v) is 22.1. The van der Waals surface area contributed by atoms with E-state index in [4.69, 9.17) is 23.7 Å². The van der Waals surface area contributed by atoms with Gasteiger partial charge in [0.25, 0.3) is 0 Å². The van der Waals surface area contributed by atoms with Crippen LogP contribution >= 0.6 is 0 Å². The minimum Gasteiger partial charge on any atom is -0.493 e. The molecule has 1 aliphatic heterocycles. The first-order chi connectivity index (χ1) is 18.0. The predicted molar refractivity (Wildman–Crippen MR) is 140 cm³/mol. The van der Waals surface area contributed by atoms with Crippen molar-refractivity contribution in [2.75, 3.05) is 34.0 Å². The highest BCUT2D eigenvalue weighted by atomic mass is 16.6. The van der Waals surface area contributed by atoms with Crippen LogP contribution in [0.3, 0.4) is 0 Å². The van der Waals surface area contributed by atoms with E-state index in [2.05, 4.69) is 5.32 Å². The van der Waals surface area contributed by atoms with Gasteiger partial charge >= 0.3 is 11.9 Å². The second-order valence-corrected chi connectivity index (χ2v) is 9.09. The number of nitrogens with one attached hydrogen (secondary N) is 1. The Labute approximate surface area is 219 Å². The van der Waals surface area contributed by atoms with Crippen molar-refractivity contribution in [3.8, 4) is 17.2 Å². The highest BCUT2D eigenvalue weighted by molar-refractivity contribution is 5.76. The van der Waals surface area contributed by atoms with Crippen LogP contribution in [0.1, 0.15) is 62.7 Å². The topological polar surface area (TPSA) is 92.3 Å². The van der Waals surface area contributed by atoms with Crippen LogP contribution < -0.4 is 19.5 Å². The summed E-state index contributed by atoms with van der Waals surface area (Å²) in [5.41, 5.74) is 1.85. The first-order valence-electron chi connectivity index (χ1n) is 13.1. The van der Waals surface area contributed by atoms with Crippen LogP contribution in [0.5, 0.6) is 17.2 Å². The maximum absolute atomic E-state index is 13.0. The molecule has 3 rings (SSSR count). The highest BCUT2D eigenvalue weighted by Gasteiger charge is 2.26. The summed E-state index contributed by atoms with van der Waals surface area (Å²) in [6, 6.07) is 12.8. The van der Waals surface area contributed by atoms with E-state index < -0.39 is 12.1 Å². The quantitative estimate of drug-likeness (QED) is 0.285.